The van der Waals surface area contributed by atoms with E-state index in [0.717, 1.165) is 20.8 Å². The second-order valence-electron chi connectivity index (χ2n) is 2.99. The zero-order chi connectivity index (χ0) is 15.5. The van der Waals surface area contributed by atoms with Crippen LogP contribution in [0.2, 0.25) is 0 Å². The fourth-order valence-electron chi connectivity index (χ4n) is 0. The van der Waals surface area contributed by atoms with Gasteiger partial charge in [0.15, 0.2) is 0 Å². The van der Waals surface area contributed by atoms with Gasteiger partial charge in [0, 0.05) is 0 Å². The zero-order valence-corrected chi connectivity index (χ0v) is 12.0. The third-order valence-corrected chi connectivity index (χ3v) is 1.02. The monoisotopic (exact) mass is 370 g/mol. The first-order chi connectivity index (χ1) is 7.93. The summed E-state index contributed by atoms with van der Waals surface area (Å²) in [6, 6.07) is 0. The van der Waals surface area contributed by atoms with Crippen molar-refractivity contribution in [2.45, 2.75) is 39.1 Å². The van der Waals surface area contributed by atoms with Crippen molar-refractivity contribution in [1.82, 2.24) is 0 Å². The Kier molecular flexibility index (Phi) is 20.9. The molecule has 0 aliphatic rings. The van der Waals surface area contributed by atoms with Crippen molar-refractivity contribution in [3.8, 4) is 0 Å². The maximum atomic E-state index is 9.34. The summed E-state index contributed by atoms with van der Waals surface area (Å²) in [7, 11) is 0. The average molecular weight is 370 g/mol. The van der Waals surface area contributed by atoms with E-state index in [1.165, 1.54) is 0 Å². The maximum Gasteiger partial charge on any atom is 3.00 e. The Morgan fingerprint density at radius 1 is 0.684 bits per heavy atom. The number of aliphatic hydroxyl groups is 3. The topological polar surface area (TPSA) is 181 Å². The van der Waals surface area contributed by atoms with Crippen LogP contribution in [0.1, 0.15) is 20.8 Å². The van der Waals surface area contributed by atoms with Crippen molar-refractivity contribution < 1.29 is 64.5 Å². The van der Waals surface area contributed by atoms with Gasteiger partial charge in [-0.05, 0) is 20.8 Å². The maximum absolute atomic E-state index is 9.34. The van der Waals surface area contributed by atoms with Gasteiger partial charge in [-0.2, -0.15) is 0 Å². The molecule has 0 rings (SSSR count). The van der Waals surface area contributed by atoms with E-state index in [4.69, 9.17) is 15.3 Å². The van der Waals surface area contributed by atoms with Crippen LogP contribution in [0.15, 0.2) is 0 Å². The Morgan fingerprint density at radius 3 is 0.737 bits per heavy atom. The number of carbonyl (C=O) groups excluding carboxylic acids is 3. The Morgan fingerprint density at radius 2 is 0.737 bits per heavy atom. The van der Waals surface area contributed by atoms with Gasteiger partial charge in [0.05, 0.1) is 36.2 Å². The van der Waals surface area contributed by atoms with Crippen molar-refractivity contribution in [3.05, 3.63) is 0 Å². The number of carboxylic acid groups (broad SMARTS) is 3. The van der Waals surface area contributed by atoms with Crippen LogP contribution in [-0.2, 0) is 33.9 Å². The van der Waals surface area contributed by atoms with Crippen LogP contribution in [0, 0.1) is 0 Å². The van der Waals surface area contributed by atoms with Gasteiger partial charge in [0.25, 0.3) is 0 Å². The van der Waals surface area contributed by atoms with Crippen LogP contribution in [0.5, 0.6) is 0 Å². The Balaban J connectivity index is -0.0000000865. The first-order valence-corrected chi connectivity index (χ1v) is 4.60. The summed E-state index contributed by atoms with van der Waals surface area (Å²) >= 11 is 0. The summed E-state index contributed by atoms with van der Waals surface area (Å²) in [5.74, 6) is -4.31. The van der Waals surface area contributed by atoms with E-state index in [0.29, 0.717) is 0 Å². The minimum absolute atomic E-state index is 0. The molecule has 0 bridgehead atoms. The number of rotatable bonds is 3. The molecule has 0 amide bonds. The average Bonchev–Trinajstić information content (AvgIpc) is 2.18. The second kappa shape index (κ2) is 15.0. The fourth-order valence-corrected chi connectivity index (χ4v) is 0. The Bertz CT molecular complexity index is 220. The van der Waals surface area contributed by atoms with Crippen LogP contribution >= 0.6 is 0 Å². The van der Waals surface area contributed by atoms with Gasteiger partial charge in [0.2, 0.25) is 0 Å². The fraction of sp³-hybridized carbons (Fsp3) is 0.667. The number of aliphatic carboxylic acids is 3. The van der Waals surface area contributed by atoms with E-state index >= 15 is 0 Å². The largest absolute Gasteiger partial charge is 3.00 e. The molecule has 0 saturated carbocycles. The normalized spacial score (nSPS) is 12.9. The van der Waals surface area contributed by atoms with Crippen LogP contribution in [0.3, 0.4) is 0 Å². The smallest absolute Gasteiger partial charge is 0.547 e. The van der Waals surface area contributed by atoms with Gasteiger partial charge >= 0.3 is 19.5 Å². The van der Waals surface area contributed by atoms with Crippen LogP contribution < -0.4 is 15.3 Å². The van der Waals surface area contributed by atoms with Gasteiger partial charge in [-0.25, -0.2) is 0 Å². The molecule has 114 valence electrons. The van der Waals surface area contributed by atoms with Crippen LogP contribution in [0.4, 0.5) is 0 Å². The number of carbonyl (C=O) groups is 3. The van der Waals surface area contributed by atoms with Crippen LogP contribution in [0.25, 0.3) is 0 Å². The van der Waals surface area contributed by atoms with E-state index in [9.17, 15) is 29.7 Å². The number of aliphatic hydroxyl groups excluding tert-OH is 3. The van der Waals surface area contributed by atoms with E-state index < -0.39 is 36.2 Å². The van der Waals surface area contributed by atoms with E-state index in [1.54, 1.807) is 0 Å². The Hall–Kier alpha value is -1.09. The summed E-state index contributed by atoms with van der Waals surface area (Å²) in [5, 5.41) is 51.9. The molecule has 10 heteroatoms. The molecule has 0 aromatic rings. The third-order valence-electron chi connectivity index (χ3n) is 1.02. The van der Waals surface area contributed by atoms with Gasteiger partial charge in [-0.3, -0.25) is 0 Å². The molecule has 0 aromatic heterocycles. The molecule has 0 saturated heterocycles. The molecule has 0 aromatic carbocycles. The van der Waals surface area contributed by atoms with Gasteiger partial charge in [-0.15, -0.1) is 0 Å². The quantitative estimate of drug-likeness (QED) is 0.408. The molecule has 3 unspecified atom stereocenters. The Labute approximate surface area is 122 Å². The number of hydrogen-bond donors (Lipinski definition) is 3. The summed E-state index contributed by atoms with van der Waals surface area (Å²) in [6.07, 6.45) is -4.03. The SMILES string of the molecule is CC(O)C(=O)[O-].CC(O)C(=O)[O-].CC(O)C(=O)[O-].[Rh+3]. The standard InChI is InChI=1S/3C3H6O3.Rh/c3*1-2(4)3(5)6;/h3*2,4H,1H3,(H,5,6);/q;;;+3/p-3. The van der Waals surface area contributed by atoms with Crippen molar-refractivity contribution in [3.63, 3.8) is 0 Å². The molecule has 0 aliphatic carbocycles. The molecule has 3 atom stereocenters. The van der Waals surface area contributed by atoms with Gasteiger partial charge in [-0.1, -0.05) is 0 Å². The molecule has 19 heavy (non-hydrogen) atoms. The number of carboxylic acids is 3. The summed E-state index contributed by atoms with van der Waals surface area (Å²) in [5.41, 5.74) is 0. The summed E-state index contributed by atoms with van der Waals surface area (Å²) in [6.45, 7) is 3.40. The van der Waals surface area contributed by atoms with E-state index in [2.05, 4.69) is 0 Å². The van der Waals surface area contributed by atoms with E-state index in [1.807, 2.05) is 0 Å². The molecule has 0 radical (unpaired) electrons. The predicted octanol–water partition coefficient (Wildman–Crippen LogP) is -5.65. The molecule has 0 heterocycles. The van der Waals surface area contributed by atoms with Gasteiger partial charge in [0.1, 0.15) is 0 Å². The van der Waals surface area contributed by atoms with E-state index in [-0.39, 0.29) is 19.5 Å². The number of hydrogen-bond acceptors (Lipinski definition) is 9. The predicted molar refractivity (Wildman–Crippen MR) is 50.1 cm³/mol. The molecule has 0 aliphatic heterocycles. The minimum atomic E-state index is -1.44. The van der Waals surface area contributed by atoms with Crippen molar-refractivity contribution in [2.75, 3.05) is 0 Å². The first-order valence-electron chi connectivity index (χ1n) is 4.60. The molecule has 9 nitrogen and oxygen atoms in total. The van der Waals surface area contributed by atoms with Crippen LogP contribution in [-0.4, -0.2) is 51.5 Å². The molecular formula is C9H15O9Rh. The van der Waals surface area contributed by atoms with Gasteiger partial charge < -0.3 is 45.0 Å². The van der Waals surface area contributed by atoms with Crippen molar-refractivity contribution >= 4 is 17.9 Å². The zero-order valence-electron chi connectivity index (χ0n) is 10.4. The molecule has 0 fully saturated rings. The molecule has 0 spiro atoms. The summed E-state index contributed by atoms with van der Waals surface area (Å²) < 4.78 is 0. The second-order valence-corrected chi connectivity index (χ2v) is 2.99. The summed E-state index contributed by atoms with van der Waals surface area (Å²) in [4.78, 5) is 28.0. The minimum Gasteiger partial charge on any atom is -0.547 e. The van der Waals surface area contributed by atoms with Crippen molar-refractivity contribution in [2.24, 2.45) is 0 Å². The van der Waals surface area contributed by atoms with Crippen molar-refractivity contribution in [1.29, 1.82) is 0 Å². The molecular weight excluding hydrogens is 355 g/mol. The first kappa shape index (κ1) is 26.5. The molecule has 3 N–H and O–H groups in total. The third kappa shape index (κ3) is 31.6.